The molecule has 1 aliphatic heterocycles. The first-order valence-electron chi connectivity index (χ1n) is 8.61. The van der Waals surface area contributed by atoms with Crippen LogP contribution in [0.3, 0.4) is 0 Å². The van der Waals surface area contributed by atoms with Crippen LogP contribution in [0.4, 0.5) is 16.2 Å². The minimum atomic E-state index is -0.287. The van der Waals surface area contributed by atoms with Gasteiger partial charge in [0.05, 0.1) is 6.42 Å². The molecule has 2 aromatic carbocycles. The zero-order valence-electron chi connectivity index (χ0n) is 14.4. The fraction of sp³-hybridized carbons (Fsp3) is 0.300. The summed E-state index contributed by atoms with van der Waals surface area (Å²) in [5.41, 5.74) is 3.55. The van der Waals surface area contributed by atoms with E-state index in [1.807, 2.05) is 60.4 Å². The summed E-state index contributed by atoms with van der Waals surface area (Å²) in [6, 6.07) is 14.7. The average Bonchev–Trinajstić information content (AvgIpc) is 3.13. The van der Waals surface area contributed by atoms with Crippen molar-refractivity contribution in [2.45, 2.75) is 26.2 Å². The van der Waals surface area contributed by atoms with Gasteiger partial charge in [0.25, 0.3) is 0 Å². The predicted molar refractivity (Wildman–Crippen MR) is 99.8 cm³/mol. The highest BCUT2D eigenvalue weighted by atomic mass is 16.2. The molecule has 0 aromatic heterocycles. The van der Waals surface area contributed by atoms with Crippen molar-refractivity contribution in [3.63, 3.8) is 0 Å². The van der Waals surface area contributed by atoms with E-state index in [1.54, 1.807) is 0 Å². The van der Waals surface area contributed by atoms with E-state index in [0.29, 0.717) is 12.1 Å². The molecule has 0 atom stereocenters. The van der Waals surface area contributed by atoms with Crippen molar-refractivity contribution in [1.29, 1.82) is 0 Å². The fourth-order valence-electron chi connectivity index (χ4n) is 2.89. The zero-order valence-corrected chi connectivity index (χ0v) is 14.4. The molecule has 1 saturated heterocycles. The molecule has 2 N–H and O–H groups in total. The molecule has 3 amide bonds. The third-order valence-electron chi connectivity index (χ3n) is 4.34. The quantitative estimate of drug-likeness (QED) is 0.891. The second-order valence-corrected chi connectivity index (χ2v) is 6.41. The molecule has 2 aromatic rings. The molecule has 0 saturated carbocycles. The molecule has 1 aliphatic rings. The molecule has 1 fully saturated rings. The molecule has 1 heterocycles. The molecule has 0 bridgehead atoms. The molecular formula is C20H23N3O2. The third kappa shape index (κ3) is 4.83. The number of amides is 3. The van der Waals surface area contributed by atoms with E-state index in [2.05, 4.69) is 10.6 Å². The first-order chi connectivity index (χ1) is 12.1. The summed E-state index contributed by atoms with van der Waals surface area (Å²) in [5.74, 6) is 0.176. The van der Waals surface area contributed by atoms with Crippen LogP contribution in [0.5, 0.6) is 0 Å². The number of rotatable bonds is 4. The molecule has 0 unspecified atom stereocenters. The Hall–Kier alpha value is -2.82. The van der Waals surface area contributed by atoms with Gasteiger partial charge in [-0.15, -0.1) is 0 Å². The molecule has 25 heavy (non-hydrogen) atoms. The van der Waals surface area contributed by atoms with E-state index < -0.39 is 0 Å². The molecule has 130 valence electrons. The summed E-state index contributed by atoms with van der Waals surface area (Å²) in [5, 5.41) is 5.59. The fourth-order valence-corrected chi connectivity index (χ4v) is 2.89. The van der Waals surface area contributed by atoms with Crippen LogP contribution in [0.15, 0.2) is 48.5 Å². The van der Waals surface area contributed by atoms with E-state index in [1.165, 1.54) is 0 Å². The Labute approximate surface area is 148 Å². The Bertz CT molecular complexity index is 733. The van der Waals surface area contributed by atoms with Gasteiger partial charge in [-0.05, 0) is 49.6 Å². The highest BCUT2D eigenvalue weighted by Gasteiger charge is 2.17. The monoisotopic (exact) mass is 337 g/mol. The van der Waals surface area contributed by atoms with Crippen molar-refractivity contribution in [3.8, 4) is 0 Å². The van der Waals surface area contributed by atoms with Crippen LogP contribution < -0.4 is 10.6 Å². The van der Waals surface area contributed by atoms with E-state index in [9.17, 15) is 9.59 Å². The molecular weight excluding hydrogens is 314 g/mol. The smallest absolute Gasteiger partial charge is 0.323 e. The topological polar surface area (TPSA) is 61.4 Å². The minimum Gasteiger partial charge on any atom is -0.342 e. The van der Waals surface area contributed by atoms with Crippen molar-refractivity contribution in [2.75, 3.05) is 23.7 Å². The highest BCUT2D eigenvalue weighted by Crippen LogP contribution is 2.14. The first-order valence-corrected chi connectivity index (χ1v) is 8.61. The van der Waals surface area contributed by atoms with Crippen molar-refractivity contribution in [3.05, 3.63) is 59.7 Å². The van der Waals surface area contributed by atoms with Crippen LogP contribution in [-0.2, 0) is 11.2 Å². The maximum Gasteiger partial charge on any atom is 0.323 e. The second kappa shape index (κ2) is 7.83. The van der Waals surface area contributed by atoms with Gasteiger partial charge < -0.3 is 15.5 Å². The van der Waals surface area contributed by atoms with Crippen LogP contribution >= 0.6 is 0 Å². The first kappa shape index (κ1) is 17.0. The van der Waals surface area contributed by atoms with Gasteiger partial charge in [0, 0.05) is 24.5 Å². The lowest BCUT2D eigenvalue weighted by molar-refractivity contribution is -0.129. The van der Waals surface area contributed by atoms with Crippen molar-refractivity contribution >= 4 is 23.3 Å². The van der Waals surface area contributed by atoms with E-state index >= 15 is 0 Å². The largest absolute Gasteiger partial charge is 0.342 e. The van der Waals surface area contributed by atoms with Gasteiger partial charge in [-0.25, -0.2) is 4.79 Å². The number of nitrogens with zero attached hydrogens (tertiary/aromatic N) is 1. The molecule has 0 radical (unpaired) electrons. The van der Waals surface area contributed by atoms with Crippen molar-refractivity contribution in [2.24, 2.45) is 0 Å². The maximum atomic E-state index is 12.2. The average molecular weight is 337 g/mol. The predicted octanol–water partition coefficient (Wildman–Crippen LogP) is 3.80. The number of nitrogens with one attached hydrogen (secondary N) is 2. The van der Waals surface area contributed by atoms with Crippen molar-refractivity contribution in [1.82, 2.24) is 4.90 Å². The zero-order chi connectivity index (χ0) is 17.6. The normalized spacial score (nSPS) is 13.6. The van der Waals surface area contributed by atoms with Gasteiger partial charge in [0.2, 0.25) is 5.91 Å². The van der Waals surface area contributed by atoms with Crippen LogP contribution in [0.1, 0.15) is 24.0 Å². The Morgan fingerprint density at radius 1 is 0.880 bits per heavy atom. The summed E-state index contributed by atoms with van der Waals surface area (Å²) in [6.45, 7) is 3.75. The van der Waals surface area contributed by atoms with Crippen LogP contribution in [-0.4, -0.2) is 29.9 Å². The number of benzene rings is 2. The summed E-state index contributed by atoms with van der Waals surface area (Å²) < 4.78 is 0. The van der Waals surface area contributed by atoms with E-state index in [-0.39, 0.29) is 11.9 Å². The van der Waals surface area contributed by atoms with Gasteiger partial charge in [0.1, 0.15) is 0 Å². The summed E-state index contributed by atoms with van der Waals surface area (Å²) >= 11 is 0. The molecule has 5 nitrogen and oxygen atoms in total. The minimum absolute atomic E-state index is 0.176. The number of anilines is 2. The van der Waals surface area contributed by atoms with Gasteiger partial charge in [-0.1, -0.05) is 29.8 Å². The number of hydrogen-bond acceptors (Lipinski definition) is 2. The Morgan fingerprint density at radius 2 is 1.40 bits per heavy atom. The lowest BCUT2D eigenvalue weighted by Gasteiger charge is -2.15. The van der Waals surface area contributed by atoms with Crippen LogP contribution in [0, 0.1) is 6.92 Å². The third-order valence-corrected chi connectivity index (χ3v) is 4.34. The number of carbonyl (C=O) groups excluding carboxylic acids is 2. The molecule has 3 rings (SSSR count). The van der Waals surface area contributed by atoms with Crippen LogP contribution in [0.25, 0.3) is 0 Å². The molecule has 5 heteroatoms. The van der Waals surface area contributed by atoms with Crippen LogP contribution in [0.2, 0.25) is 0 Å². The SMILES string of the molecule is Cc1ccc(NC(=O)Nc2ccc(CC(=O)N3CCCC3)cc2)cc1. The molecule has 0 aliphatic carbocycles. The van der Waals surface area contributed by atoms with Crippen molar-refractivity contribution < 1.29 is 9.59 Å². The van der Waals surface area contributed by atoms with E-state index in [0.717, 1.165) is 42.7 Å². The number of likely N-dealkylation sites (tertiary alicyclic amines) is 1. The molecule has 0 spiro atoms. The summed E-state index contributed by atoms with van der Waals surface area (Å²) in [7, 11) is 0. The Balaban J connectivity index is 1.52. The van der Waals surface area contributed by atoms with Gasteiger partial charge in [-0.3, -0.25) is 4.79 Å². The summed E-state index contributed by atoms with van der Waals surface area (Å²) in [6.07, 6.45) is 2.62. The van der Waals surface area contributed by atoms with Gasteiger partial charge in [-0.2, -0.15) is 0 Å². The second-order valence-electron chi connectivity index (χ2n) is 6.41. The number of hydrogen-bond donors (Lipinski definition) is 2. The lowest BCUT2D eigenvalue weighted by Crippen LogP contribution is -2.29. The highest BCUT2D eigenvalue weighted by molar-refractivity contribution is 5.99. The van der Waals surface area contributed by atoms with Gasteiger partial charge in [0.15, 0.2) is 0 Å². The number of aryl methyl sites for hydroxylation is 1. The van der Waals surface area contributed by atoms with E-state index in [4.69, 9.17) is 0 Å². The van der Waals surface area contributed by atoms with Gasteiger partial charge >= 0.3 is 6.03 Å². The Morgan fingerprint density at radius 3 is 1.96 bits per heavy atom. The number of urea groups is 1. The number of carbonyl (C=O) groups is 2. The lowest BCUT2D eigenvalue weighted by atomic mass is 10.1. The Kier molecular flexibility index (Phi) is 5.33. The summed E-state index contributed by atoms with van der Waals surface area (Å²) in [4.78, 5) is 26.1. The standard InChI is InChI=1S/C20H23N3O2/c1-15-4-8-17(9-5-15)21-20(25)22-18-10-6-16(7-11-18)14-19(24)23-12-2-3-13-23/h4-11H,2-3,12-14H2,1H3,(H2,21,22,25). The maximum absolute atomic E-state index is 12.2.